The maximum atomic E-state index is 12.4. The van der Waals surface area contributed by atoms with E-state index in [1.807, 2.05) is 38.1 Å². The highest BCUT2D eigenvalue weighted by atomic mass is 35.5. The van der Waals surface area contributed by atoms with Crippen molar-refractivity contribution in [2.24, 2.45) is 5.10 Å². The van der Waals surface area contributed by atoms with E-state index < -0.39 is 0 Å². The zero-order valence-corrected chi connectivity index (χ0v) is 17.7. The number of hydrazone groups is 1. The average Bonchev–Trinajstić information content (AvgIpc) is 2.74. The summed E-state index contributed by atoms with van der Waals surface area (Å²) in [5.41, 5.74) is 7.85. The van der Waals surface area contributed by atoms with E-state index in [0.717, 1.165) is 16.7 Å². The molecule has 0 saturated heterocycles. The van der Waals surface area contributed by atoms with Crippen molar-refractivity contribution in [3.63, 3.8) is 0 Å². The second-order valence-electron chi connectivity index (χ2n) is 6.98. The van der Waals surface area contributed by atoms with E-state index >= 15 is 0 Å². The Labute approximate surface area is 180 Å². The van der Waals surface area contributed by atoms with Crippen LogP contribution in [0.15, 0.2) is 71.8 Å². The Bertz CT molecular complexity index is 1120. The number of carbonyl (C=O) groups excluding carboxylic acids is 2. The Morgan fingerprint density at radius 1 is 0.800 bits per heavy atom. The third-order valence-electron chi connectivity index (χ3n) is 4.74. The molecule has 0 unspecified atom stereocenters. The van der Waals surface area contributed by atoms with Gasteiger partial charge < -0.3 is 5.32 Å². The zero-order valence-electron chi connectivity index (χ0n) is 17.0. The Balaban J connectivity index is 1.69. The van der Waals surface area contributed by atoms with Crippen LogP contribution in [-0.2, 0) is 0 Å². The fraction of sp³-hybridized carbons (Fsp3) is 0.125. The summed E-state index contributed by atoms with van der Waals surface area (Å²) in [6.07, 6.45) is 0. The van der Waals surface area contributed by atoms with E-state index in [-0.39, 0.29) is 11.8 Å². The second kappa shape index (κ2) is 9.37. The number of benzene rings is 3. The van der Waals surface area contributed by atoms with Gasteiger partial charge in [-0.1, -0.05) is 29.8 Å². The first-order chi connectivity index (χ1) is 14.3. The lowest BCUT2D eigenvalue weighted by Crippen LogP contribution is -2.19. The fourth-order valence-electron chi connectivity index (χ4n) is 2.77. The summed E-state index contributed by atoms with van der Waals surface area (Å²) in [5.74, 6) is -0.508. The molecule has 6 heteroatoms. The minimum absolute atomic E-state index is 0.235. The summed E-state index contributed by atoms with van der Waals surface area (Å²) in [5, 5.41) is 7.62. The highest BCUT2D eigenvalue weighted by Gasteiger charge is 2.09. The predicted octanol–water partition coefficient (Wildman–Crippen LogP) is 5.36. The molecule has 0 aliphatic carbocycles. The summed E-state index contributed by atoms with van der Waals surface area (Å²) in [6.45, 7) is 5.75. The molecule has 2 amide bonds. The van der Waals surface area contributed by atoms with Gasteiger partial charge in [-0.2, -0.15) is 5.10 Å². The van der Waals surface area contributed by atoms with Gasteiger partial charge in [-0.25, -0.2) is 5.43 Å². The van der Waals surface area contributed by atoms with Crippen LogP contribution in [0.5, 0.6) is 0 Å². The second-order valence-corrected chi connectivity index (χ2v) is 7.42. The number of nitrogens with zero attached hydrogens (tertiary/aromatic N) is 1. The SMILES string of the molecule is C/C(=N/NC(=O)c1ccc(C)c(C)c1)c1cccc(NC(=O)c2ccc(Cl)cc2)c1. The minimum atomic E-state index is -0.273. The van der Waals surface area contributed by atoms with E-state index in [2.05, 4.69) is 15.8 Å². The molecule has 0 fully saturated rings. The van der Waals surface area contributed by atoms with Gasteiger partial charge in [0.1, 0.15) is 0 Å². The van der Waals surface area contributed by atoms with Crippen LogP contribution in [0.4, 0.5) is 5.69 Å². The Morgan fingerprint density at radius 2 is 1.50 bits per heavy atom. The Hall–Kier alpha value is -3.44. The molecule has 0 aliphatic rings. The van der Waals surface area contributed by atoms with Crippen molar-refractivity contribution in [3.8, 4) is 0 Å². The molecule has 0 atom stereocenters. The van der Waals surface area contributed by atoms with Crippen LogP contribution in [0.3, 0.4) is 0 Å². The monoisotopic (exact) mass is 419 g/mol. The zero-order chi connectivity index (χ0) is 21.7. The lowest BCUT2D eigenvalue weighted by molar-refractivity contribution is 0.0954. The summed E-state index contributed by atoms with van der Waals surface area (Å²) >= 11 is 5.86. The molecule has 5 nitrogen and oxygen atoms in total. The highest BCUT2D eigenvalue weighted by Crippen LogP contribution is 2.15. The number of nitrogens with one attached hydrogen (secondary N) is 2. The number of halogens is 1. The highest BCUT2D eigenvalue weighted by molar-refractivity contribution is 6.30. The number of hydrogen-bond acceptors (Lipinski definition) is 3. The first kappa shape index (κ1) is 21.3. The van der Waals surface area contributed by atoms with Gasteiger partial charge in [0, 0.05) is 21.8 Å². The van der Waals surface area contributed by atoms with E-state index in [4.69, 9.17) is 11.6 Å². The van der Waals surface area contributed by atoms with Crippen LogP contribution in [0, 0.1) is 13.8 Å². The summed E-state index contributed by atoms with van der Waals surface area (Å²) in [4.78, 5) is 24.7. The molecule has 30 heavy (non-hydrogen) atoms. The Kier molecular flexibility index (Phi) is 6.65. The molecule has 0 radical (unpaired) electrons. The van der Waals surface area contributed by atoms with Crippen molar-refractivity contribution in [1.82, 2.24) is 5.43 Å². The molecule has 0 spiro atoms. The number of carbonyl (C=O) groups is 2. The first-order valence-corrected chi connectivity index (χ1v) is 9.80. The van der Waals surface area contributed by atoms with Gasteiger partial charge in [-0.15, -0.1) is 0 Å². The smallest absolute Gasteiger partial charge is 0.271 e. The molecule has 0 heterocycles. The maximum absolute atomic E-state index is 12.4. The molecule has 0 bridgehead atoms. The van der Waals surface area contributed by atoms with Gasteiger partial charge in [0.15, 0.2) is 0 Å². The fourth-order valence-corrected chi connectivity index (χ4v) is 2.90. The van der Waals surface area contributed by atoms with E-state index in [9.17, 15) is 9.59 Å². The van der Waals surface area contributed by atoms with Crippen LogP contribution in [0.2, 0.25) is 5.02 Å². The molecule has 3 aromatic rings. The number of aryl methyl sites for hydroxylation is 2. The maximum Gasteiger partial charge on any atom is 0.271 e. The van der Waals surface area contributed by atoms with E-state index in [0.29, 0.717) is 27.5 Å². The number of hydrogen-bond donors (Lipinski definition) is 2. The lowest BCUT2D eigenvalue weighted by atomic mass is 10.1. The largest absolute Gasteiger partial charge is 0.322 e. The van der Waals surface area contributed by atoms with E-state index in [1.54, 1.807) is 49.4 Å². The van der Waals surface area contributed by atoms with Gasteiger partial charge >= 0.3 is 0 Å². The van der Waals surface area contributed by atoms with Gasteiger partial charge in [-0.3, -0.25) is 9.59 Å². The van der Waals surface area contributed by atoms with Gasteiger partial charge in [0.25, 0.3) is 11.8 Å². The quantitative estimate of drug-likeness (QED) is 0.431. The minimum Gasteiger partial charge on any atom is -0.322 e. The van der Waals surface area contributed by atoms with E-state index in [1.165, 1.54) is 0 Å². The van der Waals surface area contributed by atoms with Crippen LogP contribution < -0.4 is 10.7 Å². The summed E-state index contributed by atoms with van der Waals surface area (Å²) in [6, 6.07) is 19.4. The van der Waals surface area contributed by atoms with Crippen molar-refractivity contribution < 1.29 is 9.59 Å². The van der Waals surface area contributed by atoms with Crippen LogP contribution in [0.25, 0.3) is 0 Å². The molecule has 0 saturated carbocycles. The van der Waals surface area contributed by atoms with Crippen molar-refractivity contribution in [2.45, 2.75) is 20.8 Å². The van der Waals surface area contributed by atoms with Gasteiger partial charge in [0.2, 0.25) is 0 Å². The first-order valence-electron chi connectivity index (χ1n) is 9.43. The summed E-state index contributed by atoms with van der Waals surface area (Å²) in [7, 11) is 0. The molecule has 0 aromatic heterocycles. The lowest BCUT2D eigenvalue weighted by Gasteiger charge is -2.08. The third kappa shape index (κ3) is 5.33. The van der Waals surface area contributed by atoms with Crippen LogP contribution >= 0.6 is 11.6 Å². The van der Waals surface area contributed by atoms with Crippen molar-refractivity contribution in [3.05, 3.63) is 99.6 Å². The van der Waals surface area contributed by atoms with Crippen LogP contribution in [-0.4, -0.2) is 17.5 Å². The topological polar surface area (TPSA) is 70.6 Å². The van der Waals surface area contributed by atoms with Gasteiger partial charge in [0.05, 0.1) is 5.71 Å². The standard InChI is InChI=1S/C24H22ClN3O2/c1-15-7-8-20(13-16(15)2)24(30)28-27-17(3)19-5-4-6-22(14-19)26-23(29)18-9-11-21(25)12-10-18/h4-14H,1-3H3,(H,26,29)(H,28,30)/b27-17-. The average molecular weight is 420 g/mol. The molecule has 3 rings (SSSR count). The Morgan fingerprint density at radius 3 is 2.20 bits per heavy atom. The third-order valence-corrected chi connectivity index (χ3v) is 4.99. The van der Waals surface area contributed by atoms with Crippen molar-refractivity contribution in [2.75, 3.05) is 5.32 Å². The normalized spacial score (nSPS) is 11.1. The number of rotatable bonds is 5. The molecule has 152 valence electrons. The summed E-state index contributed by atoms with van der Waals surface area (Å²) < 4.78 is 0. The molecule has 2 N–H and O–H groups in total. The van der Waals surface area contributed by atoms with Crippen LogP contribution in [0.1, 0.15) is 44.3 Å². The number of amides is 2. The molecular formula is C24H22ClN3O2. The van der Waals surface area contributed by atoms with Crippen molar-refractivity contribution >= 4 is 34.8 Å². The number of anilines is 1. The molecular weight excluding hydrogens is 398 g/mol. The molecule has 0 aliphatic heterocycles. The van der Waals surface area contributed by atoms with Gasteiger partial charge in [-0.05, 0) is 86.0 Å². The molecule has 3 aromatic carbocycles. The van der Waals surface area contributed by atoms with Crippen molar-refractivity contribution in [1.29, 1.82) is 0 Å². The predicted molar refractivity (Wildman–Crippen MR) is 121 cm³/mol.